The summed E-state index contributed by atoms with van der Waals surface area (Å²) in [5.74, 6) is -0.768. The lowest BCUT2D eigenvalue weighted by molar-refractivity contribution is -0.274. The minimum atomic E-state index is -4.79. The number of benzene rings is 2. The van der Waals surface area contributed by atoms with E-state index in [9.17, 15) is 18.0 Å². The van der Waals surface area contributed by atoms with Crippen LogP contribution in [0.5, 0.6) is 5.75 Å². The Morgan fingerprint density at radius 2 is 1.83 bits per heavy atom. The average Bonchev–Trinajstić information content (AvgIpc) is 2.66. The summed E-state index contributed by atoms with van der Waals surface area (Å²) in [6, 6.07) is 11.9. The Morgan fingerprint density at radius 3 is 2.55 bits per heavy atom. The Hall–Kier alpha value is -2.77. The van der Waals surface area contributed by atoms with E-state index in [0.717, 1.165) is 0 Å². The van der Waals surface area contributed by atoms with Gasteiger partial charge in [-0.1, -0.05) is 41.4 Å². The largest absolute Gasteiger partial charge is 0.573 e. The molecule has 0 saturated carbocycles. The summed E-state index contributed by atoms with van der Waals surface area (Å²) in [4.78, 5) is 16.4. The van der Waals surface area contributed by atoms with Crippen molar-refractivity contribution in [1.29, 1.82) is 0 Å². The number of ether oxygens (including phenoxy) is 1. The predicted octanol–water partition coefficient (Wildman–Crippen LogP) is 5.88. The maximum absolute atomic E-state index is 12.4. The lowest BCUT2D eigenvalue weighted by atomic mass is 10.1. The zero-order valence-electron chi connectivity index (χ0n) is 14.6. The van der Waals surface area contributed by atoms with Gasteiger partial charge in [-0.15, -0.1) is 13.2 Å². The topological polar surface area (TPSA) is 51.2 Å². The standard InChI is InChI=1S/C20H13Cl2F3N2O2/c21-16-5-4-13(18(22)8-16)11-27-19(28)15-6-14(9-26-10-15)12-2-1-3-17(7-12)29-20(23,24)25/h1-10H,11H2,(H,27,28). The molecule has 1 N–H and O–H groups in total. The minimum Gasteiger partial charge on any atom is -0.406 e. The number of carbonyl (C=O) groups excluding carboxylic acids is 1. The van der Waals surface area contributed by atoms with Crippen molar-refractivity contribution in [2.75, 3.05) is 0 Å². The number of hydrogen-bond acceptors (Lipinski definition) is 3. The van der Waals surface area contributed by atoms with Crippen molar-refractivity contribution in [3.8, 4) is 16.9 Å². The fourth-order valence-corrected chi connectivity index (χ4v) is 3.01. The summed E-state index contributed by atoms with van der Waals surface area (Å²) in [7, 11) is 0. The molecule has 1 heterocycles. The van der Waals surface area contributed by atoms with Crippen molar-refractivity contribution in [2.45, 2.75) is 12.9 Å². The molecule has 1 amide bonds. The van der Waals surface area contributed by atoms with Crippen LogP contribution in [0.1, 0.15) is 15.9 Å². The van der Waals surface area contributed by atoms with Gasteiger partial charge in [0.1, 0.15) is 5.75 Å². The first-order chi connectivity index (χ1) is 13.7. The molecular weight excluding hydrogens is 428 g/mol. The molecule has 0 atom stereocenters. The highest BCUT2D eigenvalue weighted by molar-refractivity contribution is 6.35. The number of rotatable bonds is 5. The third kappa shape index (κ3) is 5.85. The van der Waals surface area contributed by atoms with E-state index < -0.39 is 12.3 Å². The van der Waals surface area contributed by atoms with Crippen molar-refractivity contribution in [2.24, 2.45) is 0 Å². The summed E-state index contributed by atoms with van der Waals surface area (Å²) < 4.78 is 41.2. The molecule has 0 radical (unpaired) electrons. The minimum absolute atomic E-state index is 0.175. The fourth-order valence-electron chi connectivity index (χ4n) is 2.54. The van der Waals surface area contributed by atoms with E-state index >= 15 is 0 Å². The summed E-state index contributed by atoms with van der Waals surface area (Å²) in [6.45, 7) is 0.175. The Bertz CT molecular complexity index is 1040. The molecule has 2 aromatic carbocycles. The van der Waals surface area contributed by atoms with Crippen LogP contribution >= 0.6 is 23.2 Å². The number of halogens is 5. The number of amides is 1. The van der Waals surface area contributed by atoms with Crippen molar-refractivity contribution in [1.82, 2.24) is 10.3 Å². The van der Waals surface area contributed by atoms with Gasteiger partial charge in [0, 0.05) is 34.5 Å². The first-order valence-electron chi connectivity index (χ1n) is 8.24. The van der Waals surface area contributed by atoms with E-state index in [-0.39, 0.29) is 17.9 Å². The summed E-state index contributed by atoms with van der Waals surface area (Å²) in [5.41, 5.74) is 1.82. The van der Waals surface area contributed by atoms with Crippen LogP contribution in [0.15, 0.2) is 60.9 Å². The van der Waals surface area contributed by atoms with Crippen LogP contribution in [0, 0.1) is 0 Å². The van der Waals surface area contributed by atoms with Crippen LogP contribution < -0.4 is 10.1 Å². The molecule has 0 spiro atoms. The highest BCUT2D eigenvalue weighted by Gasteiger charge is 2.31. The first kappa shape index (κ1) is 21.0. The predicted molar refractivity (Wildman–Crippen MR) is 104 cm³/mol. The van der Waals surface area contributed by atoms with Gasteiger partial charge in [0.15, 0.2) is 0 Å². The first-order valence-corrected chi connectivity index (χ1v) is 9.00. The Labute approximate surface area is 174 Å². The number of nitrogens with one attached hydrogen (secondary N) is 1. The van der Waals surface area contributed by atoms with Gasteiger partial charge in [-0.2, -0.15) is 0 Å². The van der Waals surface area contributed by atoms with Gasteiger partial charge in [-0.3, -0.25) is 9.78 Å². The zero-order chi connectivity index (χ0) is 21.0. The van der Waals surface area contributed by atoms with Crippen LogP contribution in [0.25, 0.3) is 11.1 Å². The summed E-state index contributed by atoms with van der Waals surface area (Å²) in [6.07, 6.45) is -1.99. The molecule has 4 nitrogen and oxygen atoms in total. The molecule has 0 fully saturated rings. The Morgan fingerprint density at radius 1 is 1.03 bits per heavy atom. The lowest BCUT2D eigenvalue weighted by Gasteiger charge is -2.11. The number of alkyl halides is 3. The Balaban J connectivity index is 1.75. The van der Waals surface area contributed by atoms with Gasteiger partial charge in [0.2, 0.25) is 0 Å². The van der Waals surface area contributed by atoms with Gasteiger partial charge in [-0.25, -0.2) is 0 Å². The molecule has 1 aromatic heterocycles. The Kier molecular flexibility index (Phi) is 6.30. The summed E-state index contributed by atoms with van der Waals surface area (Å²) >= 11 is 11.9. The van der Waals surface area contributed by atoms with Crippen LogP contribution in [-0.2, 0) is 6.54 Å². The molecular formula is C20H13Cl2F3N2O2. The number of pyridine rings is 1. The van der Waals surface area contributed by atoms with Crippen LogP contribution in [-0.4, -0.2) is 17.3 Å². The molecule has 29 heavy (non-hydrogen) atoms. The fraction of sp³-hybridized carbons (Fsp3) is 0.100. The molecule has 0 aliphatic heterocycles. The van der Waals surface area contributed by atoms with Crippen molar-refractivity contribution < 1.29 is 22.7 Å². The smallest absolute Gasteiger partial charge is 0.406 e. The third-order valence-corrected chi connectivity index (χ3v) is 4.44. The normalized spacial score (nSPS) is 11.2. The van der Waals surface area contributed by atoms with E-state index in [1.165, 1.54) is 36.7 Å². The molecule has 0 saturated heterocycles. The van der Waals surface area contributed by atoms with E-state index in [2.05, 4.69) is 15.0 Å². The second-order valence-electron chi connectivity index (χ2n) is 5.96. The summed E-state index contributed by atoms with van der Waals surface area (Å²) in [5, 5.41) is 3.62. The average molecular weight is 441 g/mol. The van der Waals surface area contributed by atoms with Crippen molar-refractivity contribution >= 4 is 29.1 Å². The molecule has 9 heteroatoms. The zero-order valence-corrected chi connectivity index (χ0v) is 16.1. The quantitative estimate of drug-likeness (QED) is 0.538. The second kappa shape index (κ2) is 8.71. The number of hydrogen-bond donors (Lipinski definition) is 1. The molecule has 0 unspecified atom stereocenters. The monoisotopic (exact) mass is 440 g/mol. The highest BCUT2D eigenvalue weighted by atomic mass is 35.5. The van der Waals surface area contributed by atoms with Gasteiger partial charge in [-0.05, 0) is 41.5 Å². The van der Waals surface area contributed by atoms with Crippen LogP contribution in [0.2, 0.25) is 10.0 Å². The van der Waals surface area contributed by atoms with Gasteiger partial charge in [0.25, 0.3) is 5.91 Å². The van der Waals surface area contributed by atoms with Crippen molar-refractivity contribution in [3.05, 3.63) is 82.1 Å². The SMILES string of the molecule is O=C(NCc1ccc(Cl)cc1Cl)c1cncc(-c2cccc(OC(F)(F)F)c2)c1. The lowest BCUT2D eigenvalue weighted by Crippen LogP contribution is -2.23. The molecule has 0 aliphatic carbocycles. The molecule has 150 valence electrons. The number of nitrogens with zero attached hydrogens (tertiary/aromatic N) is 1. The molecule has 0 bridgehead atoms. The van der Waals surface area contributed by atoms with E-state index in [1.54, 1.807) is 24.3 Å². The maximum Gasteiger partial charge on any atom is 0.573 e. The van der Waals surface area contributed by atoms with Crippen LogP contribution in [0.3, 0.4) is 0 Å². The van der Waals surface area contributed by atoms with Gasteiger partial charge < -0.3 is 10.1 Å². The van der Waals surface area contributed by atoms with E-state index in [4.69, 9.17) is 23.2 Å². The van der Waals surface area contributed by atoms with Crippen LogP contribution in [0.4, 0.5) is 13.2 Å². The maximum atomic E-state index is 12.4. The third-order valence-electron chi connectivity index (χ3n) is 3.86. The second-order valence-corrected chi connectivity index (χ2v) is 6.80. The highest BCUT2D eigenvalue weighted by Crippen LogP contribution is 2.28. The number of carbonyl (C=O) groups is 1. The molecule has 3 rings (SSSR count). The van der Waals surface area contributed by atoms with Gasteiger partial charge in [0.05, 0.1) is 5.56 Å². The molecule has 3 aromatic rings. The van der Waals surface area contributed by atoms with E-state index in [0.29, 0.717) is 26.7 Å². The van der Waals surface area contributed by atoms with E-state index in [1.807, 2.05) is 0 Å². The van der Waals surface area contributed by atoms with Gasteiger partial charge >= 0.3 is 6.36 Å². The van der Waals surface area contributed by atoms with Crippen molar-refractivity contribution in [3.63, 3.8) is 0 Å². The molecule has 0 aliphatic rings. The number of aromatic nitrogens is 1.